The second-order valence-corrected chi connectivity index (χ2v) is 7.66. The van der Waals surface area contributed by atoms with Crippen LogP contribution in [0.2, 0.25) is 0 Å². The van der Waals surface area contributed by atoms with Crippen molar-refractivity contribution >= 4 is 28.5 Å². The van der Waals surface area contributed by atoms with Crippen molar-refractivity contribution in [1.29, 1.82) is 0 Å². The number of anilines is 1. The van der Waals surface area contributed by atoms with Crippen molar-refractivity contribution in [3.63, 3.8) is 0 Å². The molecule has 0 saturated carbocycles. The minimum Gasteiger partial charge on any atom is -0.361 e. The number of aromatic amines is 1. The number of hydrogen-bond acceptors (Lipinski definition) is 2. The van der Waals surface area contributed by atoms with Gasteiger partial charge in [0.25, 0.3) is 5.91 Å². The predicted molar refractivity (Wildman–Crippen MR) is 128 cm³/mol. The number of rotatable bonds is 5. The van der Waals surface area contributed by atoms with Crippen molar-refractivity contribution in [3.05, 3.63) is 101 Å². The monoisotopic (exact) mass is 410 g/mol. The quantitative estimate of drug-likeness (QED) is 0.312. The summed E-state index contributed by atoms with van der Waals surface area (Å²) in [5.74, 6) is 0.252. The maximum atomic E-state index is 12.7. The summed E-state index contributed by atoms with van der Waals surface area (Å²) in [7, 11) is 0. The molecule has 0 aliphatic heterocycles. The molecule has 0 unspecified atom stereocenters. The smallest absolute Gasteiger partial charge is 0.257 e. The van der Waals surface area contributed by atoms with Crippen LogP contribution in [0.4, 0.5) is 5.69 Å². The van der Waals surface area contributed by atoms with Gasteiger partial charge in [0.05, 0.1) is 0 Å². The first-order valence-electron chi connectivity index (χ1n) is 10.4. The Morgan fingerprint density at radius 3 is 2.42 bits per heavy atom. The molecule has 31 heavy (non-hydrogen) atoms. The molecule has 1 heterocycles. The highest BCUT2D eigenvalue weighted by molar-refractivity contribution is 6.10. The van der Waals surface area contributed by atoms with Gasteiger partial charge in [0, 0.05) is 34.9 Å². The fraction of sp³-hybridized carbons (Fsp3) is 0.154. The van der Waals surface area contributed by atoms with E-state index in [0.717, 1.165) is 28.8 Å². The minimum atomic E-state index is -0.191. The van der Waals surface area contributed by atoms with Crippen LogP contribution in [0.3, 0.4) is 0 Å². The van der Waals surface area contributed by atoms with Gasteiger partial charge in [-0.2, -0.15) is 0 Å². The predicted octanol–water partition coefficient (Wildman–Crippen LogP) is 5.23. The van der Waals surface area contributed by atoms with E-state index < -0.39 is 0 Å². The number of para-hydroxylation sites is 1. The molecule has 0 atom stereocenters. The van der Waals surface area contributed by atoms with Crippen molar-refractivity contribution in [2.75, 3.05) is 11.9 Å². The Hall–Kier alpha value is -3.86. The molecule has 156 valence electrons. The summed E-state index contributed by atoms with van der Waals surface area (Å²) in [6.07, 6.45) is 2.79. The topological polar surface area (TPSA) is 69.3 Å². The van der Waals surface area contributed by atoms with Gasteiger partial charge in [-0.15, -0.1) is 0 Å². The zero-order chi connectivity index (χ0) is 21.6. The summed E-state index contributed by atoms with van der Waals surface area (Å²) in [6, 6.07) is 23.6. The first-order valence-corrected chi connectivity index (χ1v) is 10.4. The molecule has 5 nitrogen and oxygen atoms in total. The number of nitrogens with one attached hydrogen (secondary N) is 3. The Kier molecular flexibility index (Phi) is 6.13. The van der Waals surface area contributed by atoms with Crippen molar-refractivity contribution in [2.24, 2.45) is 4.99 Å². The first-order chi connectivity index (χ1) is 15.1. The Labute approximate surface area is 182 Å². The molecule has 4 aromatic rings. The van der Waals surface area contributed by atoms with E-state index in [9.17, 15) is 4.79 Å². The number of carbonyl (C=O) groups excluding carboxylic acids is 1. The third kappa shape index (κ3) is 5.20. The zero-order valence-corrected chi connectivity index (χ0v) is 17.8. The number of H-pyrrole nitrogens is 1. The van der Waals surface area contributed by atoms with Gasteiger partial charge < -0.3 is 10.3 Å². The van der Waals surface area contributed by atoms with E-state index in [1.165, 1.54) is 10.9 Å². The van der Waals surface area contributed by atoms with E-state index >= 15 is 0 Å². The van der Waals surface area contributed by atoms with Crippen LogP contribution in [0.25, 0.3) is 10.9 Å². The van der Waals surface area contributed by atoms with Crippen LogP contribution in [-0.2, 0) is 6.42 Å². The van der Waals surface area contributed by atoms with Crippen LogP contribution in [0.5, 0.6) is 0 Å². The average Bonchev–Trinajstić information content (AvgIpc) is 3.17. The maximum Gasteiger partial charge on any atom is 0.257 e. The molecule has 0 spiro atoms. The highest BCUT2D eigenvalue weighted by atomic mass is 16.1. The van der Waals surface area contributed by atoms with Gasteiger partial charge in [0.15, 0.2) is 0 Å². The van der Waals surface area contributed by atoms with Crippen LogP contribution in [0.15, 0.2) is 84.0 Å². The molecular weight excluding hydrogens is 384 g/mol. The molecule has 1 aromatic heterocycles. The molecule has 3 N–H and O–H groups in total. The summed E-state index contributed by atoms with van der Waals surface area (Å²) in [5, 5.41) is 7.42. The lowest BCUT2D eigenvalue weighted by Crippen LogP contribution is -2.36. The molecule has 0 radical (unpaired) electrons. The van der Waals surface area contributed by atoms with E-state index in [1.54, 1.807) is 12.1 Å². The lowest BCUT2D eigenvalue weighted by Gasteiger charge is -2.13. The lowest BCUT2D eigenvalue weighted by atomic mass is 10.1. The van der Waals surface area contributed by atoms with Crippen LogP contribution >= 0.6 is 0 Å². The second-order valence-electron chi connectivity index (χ2n) is 7.66. The zero-order valence-electron chi connectivity index (χ0n) is 17.8. The highest BCUT2D eigenvalue weighted by Gasteiger charge is 2.10. The van der Waals surface area contributed by atoms with Gasteiger partial charge in [-0.1, -0.05) is 42.5 Å². The Morgan fingerprint density at radius 2 is 1.65 bits per heavy atom. The number of aryl methyl sites for hydroxylation is 2. The van der Waals surface area contributed by atoms with Gasteiger partial charge in [-0.3, -0.25) is 15.1 Å². The summed E-state index contributed by atoms with van der Waals surface area (Å²) >= 11 is 0. The van der Waals surface area contributed by atoms with E-state index in [2.05, 4.69) is 52.7 Å². The van der Waals surface area contributed by atoms with Crippen molar-refractivity contribution in [1.82, 2.24) is 10.3 Å². The van der Waals surface area contributed by atoms with E-state index in [0.29, 0.717) is 18.1 Å². The van der Waals surface area contributed by atoms with Crippen LogP contribution in [0.1, 0.15) is 27.0 Å². The van der Waals surface area contributed by atoms with Gasteiger partial charge in [-0.25, -0.2) is 0 Å². The second kappa shape index (κ2) is 9.30. The number of aromatic nitrogens is 1. The van der Waals surface area contributed by atoms with Crippen LogP contribution < -0.4 is 10.6 Å². The van der Waals surface area contributed by atoms with Gasteiger partial charge >= 0.3 is 0 Å². The third-order valence-electron chi connectivity index (χ3n) is 5.08. The van der Waals surface area contributed by atoms with Crippen LogP contribution in [-0.4, -0.2) is 23.4 Å². The first kappa shape index (κ1) is 20.4. The number of hydrogen-bond donors (Lipinski definition) is 3. The summed E-state index contributed by atoms with van der Waals surface area (Å²) in [6.45, 7) is 4.65. The number of carbonyl (C=O) groups is 1. The summed E-state index contributed by atoms with van der Waals surface area (Å²) in [4.78, 5) is 20.7. The molecule has 0 fully saturated rings. The van der Waals surface area contributed by atoms with E-state index in [-0.39, 0.29) is 5.91 Å². The molecule has 0 aliphatic carbocycles. The van der Waals surface area contributed by atoms with E-state index in [4.69, 9.17) is 0 Å². The fourth-order valence-electron chi connectivity index (χ4n) is 3.69. The van der Waals surface area contributed by atoms with E-state index in [1.807, 2.05) is 48.7 Å². The fourth-order valence-corrected chi connectivity index (χ4v) is 3.69. The molecule has 0 aliphatic rings. The minimum absolute atomic E-state index is 0.191. The molecule has 0 saturated heterocycles. The summed E-state index contributed by atoms with van der Waals surface area (Å²) in [5.41, 5.74) is 6.11. The largest absolute Gasteiger partial charge is 0.361 e. The summed E-state index contributed by atoms with van der Waals surface area (Å²) < 4.78 is 0. The van der Waals surface area contributed by atoms with Gasteiger partial charge in [0.2, 0.25) is 5.96 Å². The SMILES string of the molecule is Cc1cc(C)cc(NC(=NCCc2c[nH]c3ccccc23)NC(=O)c2ccccc2)c1. The normalized spacial score (nSPS) is 11.5. The number of benzene rings is 3. The van der Waals surface area contributed by atoms with Gasteiger partial charge in [0.1, 0.15) is 0 Å². The van der Waals surface area contributed by atoms with Crippen molar-refractivity contribution in [2.45, 2.75) is 20.3 Å². The van der Waals surface area contributed by atoms with Gasteiger partial charge in [-0.05, 0) is 67.3 Å². The van der Waals surface area contributed by atoms with Crippen molar-refractivity contribution < 1.29 is 4.79 Å². The average molecular weight is 411 g/mol. The molecule has 0 bridgehead atoms. The number of guanidine groups is 1. The Balaban J connectivity index is 1.53. The number of nitrogens with zero attached hydrogens (tertiary/aromatic N) is 1. The third-order valence-corrected chi connectivity index (χ3v) is 5.08. The number of fused-ring (bicyclic) bond motifs is 1. The molecule has 3 aromatic carbocycles. The Bertz CT molecular complexity index is 1200. The molecule has 4 rings (SSSR count). The lowest BCUT2D eigenvalue weighted by molar-refractivity contribution is 0.0977. The Morgan fingerprint density at radius 1 is 0.935 bits per heavy atom. The molecular formula is C26H26N4O. The van der Waals surface area contributed by atoms with Crippen LogP contribution in [0, 0.1) is 13.8 Å². The molecule has 5 heteroatoms. The standard InChI is InChI=1S/C26H26N4O/c1-18-14-19(2)16-22(15-18)29-26(30-25(31)20-8-4-3-5-9-20)27-13-12-21-17-28-24-11-7-6-10-23(21)24/h3-11,14-17,28H,12-13H2,1-2H3,(H2,27,29,30,31). The maximum absolute atomic E-state index is 12.7. The highest BCUT2D eigenvalue weighted by Crippen LogP contribution is 2.18. The number of aliphatic imine (C=N–C) groups is 1. The van der Waals surface area contributed by atoms with Crippen molar-refractivity contribution in [3.8, 4) is 0 Å². The molecule has 1 amide bonds. The number of amides is 1.